The van der Waals surface area contributed by atoms with Crippen LogP contribution < -0.4 is 0 Å². The van der Waals surface area contributed by atoms with Gasteiger partial charge >= 0.3 is 0 Å². The molecule has 3 aromatic heterocycles. The first-order valence-electron chi connectivity index (χ1n) is 7.37. The molecule has 0 amide bonds. The molecular formula is C15H18N6. The van der Waals surface area contributed by atoms with Gasteiger partial charge in [0.1, 0.15) is 12.7 Å². The summed E-state index contributed by atoms with van der Waals surface area (Å²) < 4.78 is 4.04. The van der Waals surface area contributed by atoms with E-state index >= 15 is 0 Å². The van der Waals surface area contributed by atoms with E-state index in [1.54, 1.807) is 0 Å². The highest BCUT2D eigenvalue weighted by Crippen LogP contribution is 2.23. The van der Waals surface area contributed by atoms with E-state index in [1.807, 2.05) is 35.6 Å². The van der Waals surface area contributed by atoms with Crippen LogP contribution in [0.15, 0.2) is 43.2 Å². The number of pyridine rings is 1. The molecule has 0 spiro atoms. The molecule has 21 heavy (non-hydrogen) atoms. The number of hydrogen-bond donors (Lipinski definition) is 0. The maximum Gasteiger partial charge on any atom is 0.119 e. The Hall–Kier alpha value is -2.21. The maximum atomic E-state index is 4.23. The van der Waals surface area contributed by atoms with Crippen molar-refractivity contribution >= 4 is 5.52 Å². The van der Waals surface area contributed by atoms with Crippen LogP contribution in [0.5, 0.6) is 0 Å². The standard InChI is InChI=1S/C15H18N6/c1-5-18-21-8-2-13(9-15(1)21)10-19-6-3-14(4-7-19)20-11-16-17-12-20/h1-2,5,8-9,11-12,14H,3-4,6-7,10H2. The Labute approximate surface area is 123 Å². The van der Waals surface area contributed by atoms with Crippen molar-refractivity contribution in [3.05, 3.63) is 48.8 Å². The Morgan fingerprint density at radius 2 is 1.90 bits per heavy atom. The minimum atomic E-state index is 0.550. The number of likely N-dealkylation sites (tertiary alicyclic amines) is 1. The third-order valence-corrected chi connectivity index (χ3v) is 4.29. The average molecular weight is 282 g/mol. The molecule has 3 aromatic rings. The van der Waals surface area contributed by atoms with Crippen LogP contribution in [-0.4, -0.2) is 42.4 Å². The third-order valence-electron chi connectivity index (χ3n) is 4.29. The smallest absolute Gasteiger partial charge is 0.119 e. The predicted molar refractivity (Wildman–Crippen MR) is 78.8 cm³/mol. The summed E-state index contributed by atoms with van der Waals surface area (Å²) in [5.74, 6) is 0. The predicted octanol–water partition coefficient (Wildman–Crippen LogP) is 1.76. The molecule has 1 aliphatic rings. The van der Waals surface area contributed by atoms with E-state index in [0.717, 1.165) is 38.0 Å². The van der Waals surface area contributed by atoms with Crippen molar-refractivity contribution in [3.8, 4) is 0 Å². The quantitative estimate of drug-likeness (QED) is 0.734. The Balaban J connectivity index is 1.40. The van der Waals surface area contributed by atoms with Crippen LogP contribution in [-0.2, 0) is 6.54 Å². The second kappa shape index (κ2) is 5.29. The third kappa shape index (κ3) is 2.54. The first kappa shape index (κ1) is 12.5. The van der Waals surface area contributed by atoms with Gasteiger partial charge in [-0.2, -0.15) is 5.10 Å². The molecule has 108 valence electrons. The Morgan fingerprint density at radius 3 is 2.71 bits per heavy atom. The van der Waals surface area contributed by atoms with Crippen LogP contribution in [0.4, 0.5) is 0 Å². The Morgan fingerprint density at radius 1 is 1.10 bits per heavy atom. The van der Waals surface area contributed by atoms with E-state index in [9.17, 15) is 0 Å². The van der Waals surface area contributed by atoms with Crippen molar-refractivity contribution in [1.29, 1.82) is 0 Å². The minimum Gasteiger partial charge on any atom is -0.317 e. The van der Waals surface area contributed by atoms with Crippen molar-refractivity contribution in [3.63, 3.8) is 0 Å². The fraction of sp³-hybridized carbons (Fsp3) is 0.400. The van der Waals surface area contributed by atoms with Gasteiger partial charge in [-0.05, 0) is 36.6 Å². The van der Waals surface area contributed by atoms with Crippen LogP contribution in [0.1, 0.15) is 24.4 Å². The van der Waals surface area contributed by atoms with Gasteiger partial charge in [0.05, 0.1) is 5.52 Å². The van der Waals surface area contributed by atoms with Crippen LogP contribution in [0, 0.1) is 0 Å². The Bertz CT molecular complexity index is 709. The average Bonchev–Trinajstić information content (AvgIpc) is 3.19. The normalized spacial score (nSPS) is 17.5. The molecule has 0 saturated carbocycles. The van der Waals surface area contributed by atoms with Gasteiger partial charge in [0.25, 0.3) is 0 Å². The highest BCUT2D eigenvalue weighted by molar-refractivity contribution is 5.47. The lowest BCUT2D eigenvalue weighted by molar-refractivity contribution is 0.179. The number of fused-ring (bicyclic) bond motifs is 1. The zero-order valence-electron chi connectivity index (χ0n) is 11.8. The van der Waals surface area contributed by atoms with Gasteiger partial charge in [0.2, 0.25) is 0 Å². The fourth-order valence-corrected chi connectivity index (χ4v) is 3.10. The van der Waals surface area contributed by atoms with Gasteiger partial charge in [-0.1, -0.05) is 0 Å². The molecule has 1 saturated heterocycles. The molecule has 0 aliphatic carbocycles. The second-order valence-electron chi connectivity index (χ2n) is 5.65. The second-order valence-corrected chi connectivity index (χ2v) is 5.65. The van der Waals surface area contributed by atoms with Crippen molar-refractivity contribution in [1.82, 2.24) is 29.3 Å². The molecule has 1 fully saturated rings. The topological polar surface area (TPSA) is 51.2 Å². The highest BCUT2D eigenvalue weighted by Gasteiger charge is 2.20. The monoisotopic (exact) mass is 282 g/mol. The number of rotatable bonds is 3. The summed E-state index contributed by atoms with van der Waals surface area (Å²) in [7, 11) is 0. The molecular weight excluding hydrogens is 264 g/mol. The number of piperidine rings is 1. The first-order chi connectivity index (χ1) is 10.4. The molecule has 0 unspecified atom stereocenters. The molecule has 1 aliphatic heterocycles. The maximum absolute atomic E-state index is 4.23. The SMILES string of the molecule is c1cc2cc(CN3CCC(n4cnnc4)CC3)ccn2n1. The summed E-state index contributed by atoms with van der Waals surface area (Å²) in [5, 5.41) is 12.0. The molecule has 0 radical (unpaired) electrons. The summed E-state index contributed by atoms with van der Waals surface area (Å²) in [6, 6.07) is 6.97. The molecule has 6 nitrogen and oxygen atoms in total. The van der Waals surface area contributed by atoms with E-state index in [2.05, 4.69) is 36.9 Å². The fourth-order valence-electron chi connectivity index (χ4n) is 3.10. The van der Waals surface area contributed by atoms with Crippen LogP contribution in [0.2, 0.25) is 0 Å². The molecule has 0 atom stereocenters. The van der Waals surface area contributed by atoms with Crippen molar-refractivity contribution in [2.75, 3.05) is 13.1 Å². The van der Waals surface area contributed by atoms with E-state index < -0.39 is 0 Å². The summed E-state index contributed by atoms with van der Waals surface area (Å²) in [6.45, 7) is 3.25. The van der Waals surface area contributed by atoms with E-state index in [0.29, 0.717) is 6.04 Å². The molecule has 4 heterocycles. The van der Waals surface area contributed by atoms with Crippen LogP contribution >= 0.6 is 0 Å². The van der Waals surface area contributed by atoms with Gasteiger partial charge in [0.15, 0.2) is 0 Å². The largest absolute Gasteiger partial charge is 0.317 e. The summed E-state index contributed by atoms with van der Waals surface area (Å²) >= 11 is 0. The zero-order valence-corrected chi connectivity index (χ0v) is 11.8. The molecule has 6 heteroatoms. The first-order valence-corrected chi connectivity index (χ1v) is 7.37. The van der Waals surface area contributed by atoms with Crippen molar-refractivity contribution in [2.45, 2.75) is 25.4 Å². The molecule has 0 aromatic carbocycles. The van der Waals surface area contributed by atoms with Gasteiger partial charge in [0, 0.05) is 38.1 Å². The molecule has 0 N–H and O–H groups in total. The summed E-state index contributed by atoms with van der Waals surface area (Å²) in [4.78, 5) is 2.52. The Kier molecular flexibility index (Phi) is 3.16. The minimum absolute atomic E-state index is 0.550. The van der Waals surface area contributed by atoms with Gasteiger partial charge in [-0.15, -0.1) is 10.2 Å². The van der Waals surface area contributed by atoms with E-state index in [4.69, 9.17) is 0 Å². The van der Waals surface area contributed by atoms with Crippen molar-refractivity contribution < 1.29 is 0 Å². The highest BCUT2D eigenvalue weighted by atomic mass is 15.3. The van der Waals surface area contributed by atoms with Gasteiger partial charge in [-0.3, -0.25) is 4.90 Å². The lowest BCUT2D eigenvalue weighted by atomic mass is 10.0. The molecule has 4 rings (SSSR count). The number of aromatic nitrogens is 5. The zero-order chi connectivity index (χ0) is 14.1. The van der Waals surface area contributed by atoms with Crippen molar-refractivity contribution in [2.24, 2.45) is 0 Å². The van der Waals surface area contributed by atoms with E-state index in [-0.39, 0.29) is 0 Å². The van der Waals surface area contributed by atoms with Crippen LogP contribution in [0.3, 0.4) is 0 Å². The van der Waals surface area contributed by atoms with Gasteiger partial charge in [-0.25, -0.2) is 4.52 Å². The summed E-state index contributed by atoms with van der Waals surface area (Å²) in [5.41, 5.74) is 2.51. The molecule has 0 bridgehead atoms. The number of nitrogens with zero attached hydrogens (tertiary/aromatic N) is 6. The van der Waals surface area contributed by atoms with Gasteiger partial charge < -0.3 is 4.57 Å². The van der Waals surface area contributed by atoms with Crippen LogP contribution in [0.25, 0.3) is 5.52 Å². The number of hydrogen-bond acceptors (Lipinski definition) is 4. The lowest BCUT2D eigenvalue weighted by Crippen LogP contribution is -2.34. The van der Waals surface area contributed by atoms with E-state index in [1.165, 1.54) is 5.56 Å². The summed E-state index contributed by atoms with van der Waals surface area (Å²) in [6.07, 6.45) is 9.85. The lowest BCUT2D eigenvalue weighted by Gasteiger charge is -2.32.